The average molecular weight is 957 g/mol. The van der Waals surface area contributed by atoms with Crippen LogP contribution in [0.5, 0.6) is 5.75 Å². The molecule has 2 aromatic rings. The fraction of sp³-hybridized carbons (Fsp3) is 0.673. The first-order valence-electron chi connectivity index (χ1n) is 23.7. The van der Waals surface area contributed by atoms with Gasteiger partial charge >= 0.3 is 24.0 Å². The number of aliphatic carboxylic acids is 1. The number of hydrogen-bond acceptors (Lipinski definition) is 14. The van der Waals surface area contributed by atoms with Crippen molar-refractivity contribution < 1.29 is 52.9 Å². The van der Waals surface area contributed by atoms with Crippen molar-refractivity contribution >= 4 is 52.9 Å². The summed E-state index contributed by atoms with van der Waals surface area (Å²) in [5.41, 5.74) is 0.782. The molecule has 18 heteroatoms. The molecule has 67 heavy (non-hydrogen) atoms. The molecule has 0 unspecified atom stereocenters. The molecule has 0 spiro atoms. The molecule has 1 fully saturated rings. The molecule has 0 aliphatic carbocycles. The van der Waals surface area contributed by atoms with Crippen molar-refractivity contribution in [1.82, 2.24) is 30.3 Å². The van der Waals surface area contributed by atoms with Crippen LogP contribution in [0.4, 0.5) is 4.79 Å². The number of nitrogens with one attached hydrogen (secondary N) is 2. The summed E-state index contributed by atoms with van der Waals surface area (Å²) in [5, 5.41) is 17.5. The lowest BCUT2D eigenvalue weighted by molar-refractivity contribution is -0.162. The van der Waals surface area contributed by atoms with Gasteiger partial charge in [0.2, 0.25) is 5.91 Å². The number of rotatable bonds is 27. The SMILES string of the molecule is CC[C@H](C)[C@H](CC(=O)[C@H]1CCCCN1C)C(=O)N(COC(=O)CC(C)C)[C@H](C[C@@H](OC(C)=O)c1nc(C(=O)N[C@@H](Cc2ccc(OC(=O)N(C)CCNC)cc2)C[C@H](C)C(=O)O)cs1)C(C)C. The maximum absolute atomic E-state index is 15.0. The summed E-state index contributed by atoms with van der Waals surface area (Å²) in [6, 6.07) is 5.17. The molecule has 3 amide bonds. The van der Waals surface area contributed by atoms with Gasteiger partial charge in [-0.15, -0.1) is 11.3 Å². The molecule has 3 N–H and O–H groups in total. The van der Waals surface area contributed by atoms with Gasteiger partial charge in [-0.1, -0.05) is 73.4 Å². The number of carboxylic acids is 1. The number of ketones is 1. The van der Waals surface area contributed by atoms with Crippen molar-refractivity contribution in [3.05, 3.63) is 45.9 Å². The van der Waals surface area contributed by atoms with Crippen molar-refractivity contribution in [2.45, 2.75) is 137 Å². The highest BCUT2D eigenvalue weighted by Crippen LogP contribution is 2.34. The zero-order chi connectivity index (χ0) is 50.0. The van der Waals surface area contributed by atoms with E-state index in [0.717, 1.165) is 42.7 Å². The molecular weight excluding hydrogens is 881 g/mol. The number of amides is 3. The van der Waals surface area contributed by atoms with Crippen molar-refractivity contribution in [2.24, 2.45) is 29.6 Å². The van der Waals surface area contributed by atoms with Crippen LogP contribution in [0, 0.1) is 29.6 Å². The smallest absolute Gasteiger partial charge is 0.415 e. The lowest BCUT2D eigenvalue weighted by atomic mass is 9.82. The van der Waals surface area contributed by atoms with Gasteiger partial charge in [0.15, 0.2) is 18.6 Å². The van der Waals surface area contributed by atoms with Crippen LogP contribution in [0.25, 0.3) is 0 Å². The molecule has 374 valence electrons. The number of esters is 2. The summed E-state index contributed by atoms with van der Waals surface area (Å²) in [6.45, 7) is 15.9. The molecule has 1 aromatic heterocycles. The molecule has 2 heterocycles. The number of benzene rings is 1. The fourth-order valence-electron chi connectivity index (χ4n) is 8.15. The Morgan fingerprint density at radius 2 is 1.67 bits per heavy atom. The molecular formula is C49H76N6O11S. The van der Waals surface area contributed by atoms with E-state index < -0.39 is 59.9 Å². The second kappa shape index (κ2) is 27.8. The quantitative estimate of drug-likeness (QED) is 0.0625. The Bertz CT molecular complexity index is 1940. The van der Waals surface area contributed by atoms with Crippen molar-refractivity contribution in [1.29, 1.82) is 0 Å². The maximum Gasteiger partial charge on any atom is 0.415 e. The minimum atomic E-state index is -1.02. The van der Waals surface area contributed by atoms with E-state index in [1.807, 2.05) is 48.6 Å². The van der Waals surface area contributed by atoms with Gasteiger partial charge in [-0.25, -0.2) is 9.78 Å². The van der Waals surface area contributed by atoms with Crippen LogP contribution in [0.2, 0.25) is 0 Å². The van der Waals surface area contributed by atoms with Crippen LogP contribution in [0.15, 0.2) is 29.6 Å². The van der Waals surface area contributed by atoms with E-state index >= 15 is 0 Å². The summed E-state index contributed by atoms with van der Waals surface area (Å²) >= 11 is 1.10. The summed E-state index contributed by atoms with van der Waals surface area (Å²) in [6.07, 6.45) is 2.35. The van der Waals surface area contributed by atoms with Crippen LogP contribution in [0.3, 0.4) is 0 Å². The third-order valence-corrected chi connectivity index (χ3v) is 13.3. The van der Waals surface area contributed by atoms with E-state index in [1.165, 1.54) is 22.1 Å². The number of Topliss-reactive ketones (excluding diaryl/α,β-unsaturated/α-hetero) is 1. The number of piperidine rings is 1. The van der Waals surface area contributed by atoms with Gasteiger partial charge in [0, 0.05) is 69.7 Å². The Morgan fingerprint density at radius 1 is 0.985 bits per heavy atom. The van der Waals surface area contributed by atoms with Gasteiger partial charge in [-0.05, 0) is 81.8 Å². The molecule has 0 saturated carbocycles. The summed E-state index contributed by atoms with van der Waals surface area (Å²) in [5.74, 6) is -4.59. The van der Waals surface area contributed by atoms with Crippen molar-refractivity contribution in [3.8, 4) is 5.75 Å². The van der Waals surface area contributed by atoms with Gasteiger partial charge in [-0.3, -0.25) is 33.7 Å². The first-order chi connectivity index (χ1) is 31.6. The lowest BCUT2D eigenvalue weighted by Gasteiger charge is -2.39. The highest BCUT2D eigenvalue weighted by Gasteiger charge is 2.40. The summed E-state index contributed by atoms with van der Waals surface area (Å²) < 4.78 is 17.1. The fourth-order valence-corrected chi connectivity index (χ4v) is 8.99. The number of thiazole rings is 1. The standard InChI is InChI=1S/C49H76N6O11S/c1-12-32(6)38(26-42(57)40-15-13-14-21-53(40)10)47(60)55(29-64-44(58)23-30(2)3)41(31(4)5)27-43(65-34(8)56)46-52-39(28-67-46)45(59)51-36(24-33(7)48(61)62)25-35-16-18-37(19-17-35)66-49(63)54(11)22-20-50-9/h16-19,28,30-33,36,38,40-41,43,50H,12-15,20-27,29H2,1-11H3,(H,51,59)(H,61,62)/t32-,33-,36+,38-,40+,41+,43+/m0/s1. The van der Waals surface area contributed by atoms with Gasteiger partial charge in [0.05, 0.1) is 12.0 Å². The number of aromatic nitrogens is 1. The van der Waals surface area contributed by atoms with Crippen molar-refractivity contribution in [2.75, 3.05) is 47.5 Å². The number of nitrogens with zero attached hydrogens (tertiary/aromatic N) is 4. The molecule has 1 saturated heterocycles. The van der Waals surface area contributed by atoms with E-state index in [4.69, 9.17) is 14.2 Å². The molecule has 7 atom stereocenters. The Labute approximate surface area is 401 Å². The maximum atomic E-state index is 15.0. The Hall–Kier alpha value is -4.94. The Kier molecular flexibility index (Phi) is 23.4. The first-order valence-corrected chi connectivity index (χ1v) is 24.5. The number of carbonyl (C=O) groups is 7. The number of likely N-dealkylation sites (tertiary alicyclic amines) is 1. The molecule has 1 aromatic carbocycles. The second-order valence-corrected chi connectivity index (χ2v) is 19.7. The number of ether oxygens (including phenoxy) is 3. The highest BCUT2D eigenvalue weighted by molar-refractivity contribution is 7.09. The topological polar surface area (TPSA) is 214 Å². The Morgan fingerprint density at radius 3 is 2.25 bits per heavy atom. The molecule has 0 bridgehead atoms. The third-order valence-electron chi connectivity index (χ3n) is 12.4. The van der Waals surface area contributed by atoms with Gasteiger partial charge in [-0.2, -0.15) is 0 Å². The minimum absolute atomic E-state index is 0.00454. The largest absolute Gasteiger partial charge is 0.481 e. The number of carbonyl (C=O) groups excluding carboxylic acids is 6. The normalized spacial score (nSPS) is 16.8. The summed E-state index contributed by atoms with van der Waals surface area (Å²) in [7, 11) is 5.36. The van der Waals surface area contributed by atoms with E-state index in [2.05, 4.69) is 20.5 Å². The molecule has 0 radical (unpaired) electrons. The average Bonchev–Trinajstić information content (AvgIpc) is 3.77. The van der Waals surface area contributed by atoms with Crippen LogP contribution in [0.1, 0.15) is 134 Å². The van der Waals surface area contributed by atoms with E-state index in [9.17, 15) is 38.7 Å². The van der Waals surface area contributed by atoms with E-state index in [-0.39, 0.29) is 80.0 Å². The predicted octanol–water partition coefficient (Wildman–Crippen LogP) is 6.75. The molecule has 3 rings (SSSR count). The van der Waals surface area contributed by atoms with Crippen LogP contribution in [-0.4, -0.2) is 132 Å². The molecule has 1 aliphatic rings. The van der Waals surface area contributed by atoms with Gasteiger partial charge in [0.25, 0.3) is 5.91 Å². The second-order valence-electron chi connectivity index (χ2n) is 18.8. The van der Waals surface area contributed by atoms with Gasteiger partial charge < -0.3 is 39.8 Å². The van der Waals surface area contributed by atoms with E-state index in [0.29, 0.717) is 30.3 Å². The Balaban J connectivity index is 1.92. The summed E-state index contributed by atoms with van der Waals surface area (Å²) in [4.78, 5) is 103. The van der Waals surface area contributed by atoms with Crippen LogP contribution >= 0.6 is 11.3 Å². The number of hydrogen-bond donors (Lipinski definition) is 3. The monoisotopic (exact) mass is 957 g/mol. The first kappa shape index (κ1) is 56.4. The molecule has 17 nitrogen and oxygen atoms in total. The lowest BCUT2D eigenvalue weighted by Crippen LogP contribution is -2.50. The minimum Gasteiger partial charge on any atom is -0.481 e. The predicted molar refractivity (Wildman–Crippen MR) is 255 cm³/mol. The third kappa shape index (κ3) is 18.2. The van der Waals surface area contributed by atoms with E-state index in [1.54, 1.807) is 45.3 Å². The highest BCUT2D eigenvalue weighted by atomic mass is 32.1. The van der Waals surface area contributed by atoms with Crippen LogP contribution < -0.4 is 15.4 Å². The zero-order valence-electron chi connectivity index (χ0n) is 41.5. The zero-order valence-corrected chi connectivity index (χ0v) is 42.3. The number of likely N-dealkylation sites (N-methyl/N-ethyl adjacent to an activating group) is 3. The number of carboxylic acid groups (broad SMARTS) is 1. The van der Waals surface area contributed by atoms with Gasteiger partial charge in [0.1, 0.15) is 16.5 Å². The van der Waals surface area contributed by atoms with Crippen molar-refractivity contribution in [3.63, 3.8) is 0 Å². The van der Waals surface area contributed by atoms with Crippen LogP contribution in [-0.2, 0) is 39.9 Å². The molecule has 1 aliphatic heterocycles.